The fourth-order valence-electron chi connectivity index (χ4n) is 1.22. The van der Waals surface area contributed by atoms with Crippen molar-refractivity contribution < 1.29 is 9.90 Å². The van der Waals surface area contributed by atoms with E-state index in [4.69, 9.17) is 5.11 Å². The van der Waals surface area contributed by atoms with Crippen LogP contribution in [0.4, 0.5) is 5.95 Å². The zero-order valence-electron chi connectivity index (χ0n) is 6.27. The van der Waals surface area contributed by atoms with Gasteiger partial charge in [0.15, 0.2) is 0 Å². The Hall–Kier alpha value is -1.43. The first-order chi connectivity index (χ1) is 5.81. The smallest absolute Gasteiger partial charge is 0.228 e. The van der Waals surface area contributed by atoms with Gasteiger partial charge in [-0.25, -0.2) is 4.68 Å². The first-order valence-corrected chi connectivity index (χ1v) is 3.61. The summed E-state index contributed by atoms with van der Waals surface area (Å²) in [5, 5.41) is 15.3. The number of nitrogens with zero attached hydrogens (tertiary/aromatic N) is 3. The van der Waals surface area contributed by atoms with Crippen molar-refractivity contribution >= 4 is 11.9 Å². The molecule has 1 aromatic heterocycles. The largest absolute Gasteiger partial charge is 0.394 e. The summed E-state index contributed by atoms with van der Waals surface area (Å²) in [4.78, 5) is 14.8. The minimum absolute atomic E-state index is 0.0935. The summed E-state index contributed by atoms with van der Waals surface area (Å²) in [5.41, 5.74) is 0. The average molecular weight is 168 g/mol. The molecule has 1 aliphatic heterocycles. The third-order valence-electron chi connectivity index (χ3n) is 1.80. The van der Waals surface area contributed by atoms with Gasteiger partial charge in [0.1, 0.15) is 6.33 Å². The second-order valence-electron chi connectivity index (χ2n) is 2.62. The molecule has 0 fully saturated rings. The Bertz CT molecular complexity index is 308. The van der Waals surface area contributed by atoms with Crippen LogP contribution in [-0.2, 0) is 4.79 Å². The summed E-state index contributed by atoms with van der Waals surface area (Å²) < 4.78 is 1.52. The van der Waals surface area contributed by atoms with Gasteiger partial charge in [-0.1, -0.05) is 0 Å². The molecule has 1 aromatic rings. The van der Waals surface area contributed by atoms with Crippen LogP contribution in [0.2, 0.25) is 0 Å². The summed E-state index contributed by atoms with van der Waals surface area (Å²) in [6.07, 6.45) is 1.61. The van der Waals surface area contributed by atoms with Gasteiger partial charge in [-0.2, -0.15) is 10.1 Å². The molecule has 0 saturated heterocycles. The second-order valence-corrected chi connectivity index (χ2v) is 2.62. The highest BCUT2D eigenvalue weighted by Gasteiger charge is 2.25. The van der Waals surface area contributed by atoms with Gasteiger partial charge in [0.2, 0.25) is 11.9 Å². The van der Waals surface area contributed by atoms with E-state index >= 15 is 0 Å². The first kappa shape index (κ1) is 7.23. The average Bonchev–Trinajstić information content (AvgIpc) is 2.50. The van der Waals surface area contributed by atoms with E-state index < -0.39 is 0 Å². The number of nitrogens with one attached hydrogen (secondary N) is 1. The van der Waals surface area contributed by atoms with Crippen molar-refractivity contribution in [3.05, 3.63) is 6.33 Å². The fourth-order valence-corrected chi connectivity index (χ4v) is 1.22. The van der Waals surface area contributed by atoms with Crippen molar-refractivity contribution in [1.82, 2.24) is 14.8 Å². The Kier molecular flexibility index (Phi) is 1.54. The van der Waals surface area contributed by atoms with Crippen molar-refractivity contribution in [2.24, 2.45) is 0 Å². The van der Waals surface area contributed by atoms with E-state index in [0.29, 0.717) is 5.95 Å². The fraction of sp³-hybridized carbons (Fsp3) is 0.500. The third-order valence-corrected chi connectivity index (χ3v) is 1.80. The molecule has 1 unspecified atom stereocenters. The molecule has 1 atom stereocenters. The summed E-state index contributed by atoms with van der Waals surface area (Å²) in [6.45, 7) is -0.0935. The Morgan fingerprint density at radius 1 is 1.83 bits per heavy atom. The molecule has 2 N–H and O–H groups in total. The minimum Gasteiger partial charge on any atom is -0.394 e. The highest BCUT2D eigenvalue weighted by molar-refractivity contribution is 5.90. The minimum atomic E-state index is -0.267. The molecular weight excluding hydrogens is 160 g/mol. The number of rotatable bonds is 1. The Labute approximate surface area is 68.2 Å². The zero-order chi connectivity index (χ0) is 8.55. The molecule has 64 valence electrons. The van der Waals surface area contributed by atoms with Gasteiger partial charge in [-0.05, 0) is 0 Å². The molecule has 0 spiro atoms. The Morgan fingerprint density at radius 2 is 2.67 bits per heavy atom. The van der Waals surface area contributed by atoms with Crippen molar-refractivity contribution in [1.29, 1.82) is 0 Å². The maximum Gasteiger partial charge on any atom is 0.228 e. The van der Waals surface area contributed by atoms with Crippen LogP contribution < -0.4 is 5.32 Å². The molecule has 0 radical (unpaired) electrons. The number of aliphatic hydroxyl groups is 1. The van der Waals surface area contributed by atoms with Gasteiger partial charge < -0.3 is 5.11 Å². The highest BCUT2D eigenvalue weighted by Crippen LogP contribution is 2.19. The van der Waals surface area contributed by atoms with Crippen LogP contribution in [0.5, 0.6) is 0 Å². The summed E-state index contributed by atoms with van der Waals surface area (Å²) in [5.74, 6) is 0.278. The van der Waals surface area contributed by atoms with E-state index in [2.05, 4.69) is 15.4 Å². The first-order valence-electron chi connectivity index (χ1n) is 3.61. The van der Waals surface area contributed by atoms with Gasteiger partial charge in [-0.3, -0.25) is 10.1 Å². The predicted octanol–water partition coefficient (Wildman–Crippen LogP) is -0.846. The lowest BCUT2D eigenvalue weighted by Crippen LogP contribution is -2.30. The van der Waals surface area contributed by atoms with E-state index in [1.807, 2.05) is 0 Å². The number of carbonyl (C=O) groups is 1. The topological polar surface area (TPSA) is 80.0 Å². The lowest BCUT2D eigenvalue weighted by atomic mass is 10.2. The maximum atomic E-state index is 11.0. The number of fused-ring (bicyclic) bond motifs is 1. The van der Waals surface area contributed by atoms with Crippen LogP contribution in [0.3, 0.4) is 0 Å². The predicted molar refractivity (Wildman–Crippen MR) is 39.4 cm³/mol. The molecule has 1 aliphatic rings. The summed E-state index contributed by atoms with van der Waals surface area (Å²) in [7, 11) is 0. The van der Waals surface area contributed by atoms with Gasteiger partial charge >= 0.3 is 0 Å². The Balaban J connectivity index is 2.37. The lowest BCUT2D eigenvalue weighted by Gasteiger charge is -2.20. The van der Waals surface area contributed by atoms with Crippen LogP contribution in [0.15, 0.2) is 6.33 Å². The molecule has 6 heteroatoms. The molecule has 0 saturated carbocycles. The summed E-state index contributed by atoms with van der Waals surface area (Å²) in [6, 6.07) is -0.267. The van der Waals surface area contributed by atoms with Crippen molar-refractivity contribution in [2.75, 3.05) is 11.9 Å². The number of carbonyl (C=O) groups excluding carboxylic acids is 1. The van der Waals surface area contributed by atoms with Crippen LogP contribution in [-0.4, -0.2) is 32.4 Å². The van der Waals surface area contributed by atoms with Gasteiger partial charge in [0, 0.05) is 0 Å². The number of amides is 1. The normalized spacial score (nSPS) is 21.8. The molecule has 0 aliphatic carbocycles. The number of hydrogen-bond donors (Lipinski definition) is 2. The lowest BCUT2D eigenvalue weighted by molar-refractivity contribution is -0.118. The molecule has 6 nitrogen and oxygen atoms in total. The molecule has 2 rings (SSSR count). The van der Waals surface area contributed by atoms with E-state index in [-0.39, 0.29) is 25.0 Å². The van der Waals surface area contributed by atoms with E-state index in [1.54, 1.807) is 0 Å². The molecule has 0 bridgehead atoms. The molecular formula is C6H8N4O2. The quantitative estimate of drug-likeness (QED) is 0.572. The highest BCUT2D eigenvalue weighted by atomic mass is 16.3. The number of aromatic nitrogens is 3. The zero-order valence-corrected chi connectivity index (χ0v) is 6.27. The van der Waals surface area contributed by atoms with Gasteiger partial charge in [0.25, 0.3) is 0 Å². The molecule has 1 amide bonds. The number of aliphatic hydroxyl groups excluding tert-OH is 1. The van der Waals surface area contributed by atoms with E-state index in [1.165, 1.54) is 11.0 Å². The van der Waals surface area contributed by atoms with Crippen molar-refractivity contribution in [2.45, 2.75) is 12.5 Å². The SMILES string of the molecule is O=C1CC(CO)n2ncnc2N1. The molecule has 12 heavy (non-hydrogen) atoms. The van der Waals surface area contributed by atoms with Crippen molar-refractivity contribution in [3.8, 4) is 0 Å². The molecule has 0 aromatic carbocycles. The van der Waals surface area contributed by atoms with Crippen LogP contribution >= 0.6 is 0 Å². The molecule has 2 heterocycles. The van der Waals surface area contributed by atoms with Gasteiger partial charge in [-0.15, -0.1) is 0 Å². The second kappa shape index (κ2) is 2.56. The third kappa shape index (κ3) is 0.964. The monoisotopic (exact) mass is 168 g/mol. The maximum absolute atomic E-state index is 11.0. The number of anilines is 1. The van der Waals surface area contributed by atoms with Crippen LogP contribution in [0, 0.1) is 0 Å². The van der Waals surface area contributed by atoms with Crippen LogP contribution in [0.1, 0.15) is 12.5 Å². The Morgan fingerprint density at radius 3 is 3.42 bits per heavy atom. The standard InChI is InChI=1S/C6H8N4O2/c11-2-4-1-5(12)9-6-7-3-8-10(4)6/h3-4,11H,1-2H2,(H,7,8,9,12). The van der Waals surface area contributed by atoms with Gasteiger partial charge in [0.05, 0.1) is 19.1 Å². The van der Waals surface area contributed by atoms with Crippen LogP contribution in [0.25, 0.3) is 0 Å². The van der Waals surface area contributed by atoms with E-state index in [9.17, 15) is 4.79 Å². The van der Waals surface area contributed by atoms with E-state index in [0.717, 1.165) is 0 Å². The summed E-state index contributed by atoms with van der Waals surface area (Å²) >= 11 is 0. The van der Waals surface area contributed by atoms with Crippen molar-refractivity contribution in [3.63, 3.8) is 0 Å². The number of hydrogen-bond acceptors (Lipinski definition) is 4.